The maximum absolute atomic E-state index is 13.3. The van der Waals surface area contributed by atoms with Gasteiger partial charge in [0, 0.05) is 14.1 Å². The second-order valence-electron chi connectivity index (χ2n) is 8.04. The Kier molecular flexibility index (Phi) is 7.33. The van der Waals surface area contributed by atoms with E-state index >= 15 is 0 Å². The molecule has 0 aliphatic heterocycles. The minimum Gasteiger partial charge on any atom is -0.348 e. The van der Waals surface area contributed by atoms with E-state index in [9.17, 15) is 17.6 Å². The van der Waals surface area contributed by atoms with Gasteiger partial charge in [0.15, 0.2) is 0 Å². The van der Waals surface area contributed by atoms with Crippen molar-refractivity contribution in [2.75, 3.05) is 24.9 Å². The lowest BCUT2D eigenvalue weighted by Crippen LogP contribution is -2.46. The van der Waals surface area contributed by atoms with E-state index in [0.29, 0.717) is 6.42 Å². The summed E-state index contributed by atoms with van der Waals surface area (Å²) < 4.78 is 41.0. The quantitative estimate of drug-likeness (QED) is 0.672. The van der Waals surface area contributed by atoms with Crippen molar-refractivity contribution < 1.29 is 17.6 Å². The van der Waals surface area contributed by atoms with Crippen LogP contribution in [0.1, 0.15) is 48.9 Å². The molecule has 8 heteroatoms. The number of amides is 1. The summed E-state index contributed by atoms with van der Waals surface area (Å²) in [5.41, 5.74) is 3.96. The van der Waals surface area contributed by atoms with Gasteiger partial charge in [-0.1, -0.05) is 25.1 Å². The Morgan fingerprint density at radius 3 is 2.32 bits per heavy atom. The van der Waals surface area contributed by atoms with Crippen LogP contribution in [-0.2, 0) is 27.8 Å². The summed E-state index contributed by atoms with van der Waals surface area (Å²) in [6, 6.07) is 11.2. The summed E-state index contributed by atoms with van der Waals surface area (Å²) in [6.45, 7) is 1.59. The van der Waals surface area contributed by atoms with Gasteiger partial charge in [0.2, 0.25) is 5.91 Å². The number of fused-ring (bicyclic) bond motifs is 1. The molecule has 0 bridgehead atoms. The Morgan fingerprint density at radius 1 is 1.06 bits per heavy atom. The first-order valence-corrected chi connectivity index (χ1v) is 12.0. The molecule has 2 aromatic carbocycles. The second kappa shape index (κ2) is 9.78. The van der Waals surface area contributed by atoms with Crippen molar-refractivity contribution in [2.24, 2.45) is 0 Å². The molecule has 0 fully saturated rings. The molecular formula is C23H30FN3O3S. The monoisotopic (exact) mass is 447 g/mol. The highest BCUT2D eigenvalue weighted by atomic mass is 32.2. The molecule has 2 aromatic rings. The van der Waals surface area contributed by atoms with E-state index in [1.807, 2.05) is 13.0 Å². The molecule has 31 heavy (non-hydrogen) atoms. The second-order valence-corrected chi connectivity index (χ2v) is 10.1. The molecule has 1 amide bonds. The molecule has 0 saturated carbocycles. The third kappa shape index (κ3) is 5.43. The molecule has 3 rings (SSSR count). The molecule has 1 aliphatic rings. The predicted molar refractivity (Wildman–Crippen MR) is 121 cm³/mol. The number of benzene rings is 2. The van der Waals surface area contributed by atoms with Gasteiger partial charge in [-0.3, -0.25) is 4.79 Å². The summed E-state index contributed by atoms with van der Waals surface area (Å²) in [6.07, 6.45) is 5.21. The van der Waals surface area contributed by atoms with Crippen LogP contribution in [0.25, 0.3) is 0 Å². The predicted octanol–water partition coefficient (Wildman–Crippen LogP) is 3.58. The fourth-order valence-corrected chi connectivity index (χ4v) is 4.93. The van der Waals surface area contributed by atoms with Crippen LogP contribution in [0, 0.1) is 5.82 Å². The zero-order valence-electron chi connectivity index (χ0n) is 18.3. The highest BCUT2D eigenvalue weighted by Gasteiger charge is 2.28. The van der Waals surface area contributed by atoms with Gasteiger partial charge in [-0.25, -0.2) is 8.70 Å². The van der Waals surface area contributed by atoms with Gasteiger partial charge in [-0.2, -0.15) is 12.7 Å². The van der Waals surface area contributed by atoms with Gasteiger partial charge in [-0.15, -0.1) is 0 Å². The Morgan fingerprint density at radius 2 is 1.71 bits per heavy atom. The lowest BCUT2D eigenvalue weighted by Gasteiger charge is -2.28. The number of nitrogens with zero attached hydrogens (tertiary/aromatic N) is 2. The summed E-state index contributed by atoms with van der Waals surface area (Å²) in [5.74, 6) is -0.895. The first-order valence-electron chi connectivity index (χ1n) is 10.6. The average Bonchev–Trinajstić information content (AvgIpc) is 2.76. The zero-order valence-corrected chi connectivity index (χ0v) is 19.1. The van der Waals surface area contributed by atoms with Crippen molar-refractivity contribution in [3.8, 4) is 0 Å². The van der Waals surface area contributed by atoms with Crippen molar-refractivity contribution in [1.82, 2.24) is 9.62 Å². The zero-order chi connectivity index (χ0) is 22.6. The third-order valence-corrected chi connectivity index (χ3v) is 7.48. The van der Waals surface area contributed by atoms with E-state index in [4.69, 9.17) is 0 Å². The average molecular weight is 448 g/mol. The Labute approximate surface area is 184 Å². The number of hydrogen-bond acceptors (Lipinski definition) is 3. The molecule has 168 valence electrons. The molecule has 0 saturated heterocycles. The van der Waals surface area contributed by atoms with Crippen LogP contribution in [0.2, 0.25) is 0 Å². The van der Waals surface area contributed by atoms with E-state index in [1.54, 1.807) is 0 Å². The Bertz CT molecular complexity index is 1020. The van der Waals surface area contributed by atoms with Gasteiger partial charge >= 0.3 is 10.2 Å². The topological polar surface area (TPSA) is 69.7 Å². The maximum atomic E-state index is 13.3. The largest absolute Gasteiger partial charge is 0.348 e. The van der Waals surface area contributed by atoms with Crippen LogP contribution in [0.3, 0.4) is 0 Å². The fourth-order valence-electron chi connectivity index (χ4n) is 3.87. The molecule has 0 aromatic heterocycles. The van der Waals surface area contributed by atoms with Crippen LogP contribution in [-0.4, -0.2) is 39.3 Å². The lowest BCUT2D eigenvalue weighted by atomic mass is 9.89. The summed E-state index contributed by atoms with van der Waals surface area (Å²) in [7, 11) is -1.15. The van der Waals surface area contributed by atoms with Gasteiger partial charge in [0.05, 0.1) is 11.7 Å². The van der Waals surface area contributed by atoms with E-state index in [2.05, 4.69) is 17.4 Å². The molecule has 1 atom stereocenters. The summed E-state index contributed by atoms with van der Waals surface area (Å²) in [4.78, 5) is 12.9. The molecule has 1 N–H and O–H groups in total. The molecule has 0 spiro atoms. The first kappa shape index (κ1) is 23.2. The number of hydrogen-bond donors (Lipinski definition) is 1. The van der Waals surface area contributed by atoms with Crippen molar-refractivity contribution >= 4 is 21.8 Å². The highest BCUT2D eigenvalue weighted by Crippen LogP contribution is 2.26. The maximum Gasteiger partial charge on any atom is 0.304 e. The van der Waals surface area contributed by atoms with Gasteiger partial charge in [0.1, 0.15) is 12.4 Å². The van der Waals surface area contributed by atoms with Crippen molar-refractivity contribution in [2.45, 2.75) is 45.1 Å². The van der Waals surface area contributed by atoms with Crippen LogP contribution in [0.5, 0.6) is 0 Å². The molecule has 0 unspecified atom stereocenters. The number of anilines is 1. The first-order chi connectivity index (χ1) is 14.7. The van der Waals surface area contributed by atoms with Crippen molar-refractivity contribution in [1.29, 1.82) is 0 Å². The third-order valence-electron chi connectivity index (χ3n) is 5.66. The van der Waals surface area contributed by atoms with E-state index < -0.39 is 28.5 Å². The summed E-state index contributed by atoms with van der Waals surface area (Å²) in [5, 5.41) is 2.97. The lowest BCUT2D eigenvalue weighted by molar-refractivity contribution is -0.120. The van der Waals surface area contributed by atoms with Gasteiger partial charge in [-0.05, 0) is 73.1 Å². The number of carbonyl (C=O) groups is 1. The van der Waals surface area contributed by atoms with Gasteiger partial charge < -0.3 is 5.32 Å². The molecule has 6 nitrogen and oxygen atoms in total. The van der Waals surface area contributed by atoms with E-state index in [1.165, 1.54) is 62.3 Å². The van der Waals surface area contributed by atoms with Crippen molar-refractivity contribution in [3.63, 3.8) is 0 Å². The van der Waals surface area contributed by atoms with Crippen LogP contribution >= 0.6 is 0 Å². The van der Waals surface area contributed by atoms with Crippen LogP contribution in [0.15, 0.2) is 42.5 Å². The minimum atomic E-state index is -3.94. The van der Waals surface area contributed by atoms with Crippen LogP contribution in [0.4, 0.5) is 10.1 Å². The number of rotatable bonds is 8. The Hall–Kier alpha value is -2.45. The summed E-state index contributed by atoms with van der Waals surface area (Å²) >= 11 is 0. The number of aryl methyl sites for hydroxylation is 2. The fraction of sp³-hybridized carbons (Fsp3) is 0.435. The van der Waals surface area contributed by atoms with E-state index in [0.717, 1.165) is 27.0 Å². The smallest absolute Gasteiger partial charge is 0.304 e. The molecular weight excluding hydrogens is 417 g/mol. The standard InChI is InChI=1S/C23H30FN3O3S/c1-4-22(19-10-9-17-7-5-6-8-18(17)15-19)25-23(28)16-27(31(29,30)26(2)3)21-13-11-20(24)12-14-21/h9-15,22H,4-8,16H2,1-3H3,(H,25,28)/t22-/m1/s1. The Balaban J connectivity index is 1.80. The molecule has 0 heterocycles. The normalized spacial score (nSPS) is 14.7. The highest BCUT2D eigenvalue weighted by molar-refractivity contribution is 7.90. The number of nitrogens with one attached hydrogen (secondary N) is 1. The van der Waals surface area contributed by atoms with Gasteiger partial charge in [0.25, 0.3) is 0 Å². The van der Waals surface area contributed by atoms with Crippen LogP contribution < -0.4 is 9.62 Å². The minimum absolute atomic E-state index is 0.211. The van der Waals surface area contributed by atoms with Crippen molar-refractivity contribution in [3.05, 3.63) is 65.0 Å². The molecule has 0 radical (unpaired) electrons. The molecule has 1 aliphatic carbocycles. The number of carbonyl (C=O) groups excluding carboxylic acids is 1. The van der Waals surface area contributed by atoms with E-state index in [-0.39, 0.29) is 11.7 Å². The number of halogens is 1. The SMILES string of the molecule is CC[C@@H](NC(=O)CN(c1ccc(F)cc1)S(=O)(=O)N(C)C)c1ccc2c(c1)CCCC2.